The van der Waals surface area contributed by atoms with Gasteiger partial charge in [0.25, 0.3) is 0 Å². The number of amides is 1. The summed E-state index contributed by atoms with van der Waals surface area (Å²) in [6.45, 7) is 2.82. The van der Waals surface area contributed by atoms with Gasteiger partial charge in [0.1, 0.15) is 11.6 Å². The minimum absolute atomic E-state index is 0.0512. The lowest BCUT2D eigenvalue weighted by atomic mass is 10.1. The highest BCUT2D eigenvalue weighted by molar-refractivity contribution is 7.92. The maximum Gasteiger partial charge on any atom is 0.330 e. The van der Waals surface area contributed by atoms with Crippen LogP contribution in [-0.4, -0.2) is 36.4 Å². The molecular formula is C13H15ClFNO5S. The quantitative estimate of drug-likeness (QED) is 0.809. The van der Waals surface area contributed by atoms with Crippen LogP contribution in [-0.2, 0) is 19.4 Å². The Morgan fingerprint density at radius 2 is 1.95 bits per heavy atom. The van der Waals surface area contributed by atoms with Gasteiger partial charge in [0.05, 0.1) is 10.3 Å². The third-order valence-corrected chi connectivity index (χ3v) is 5.29. The van der Waals surface area contributed by atoms with Gasteiger partial charge in [-0.15, -0.1) is 0 Å². The minimum atomic E-state index is -3.67. The van der Waals surface area contributed by atoms with E-state index in [9.17, 15) is 22.4 Å². The van der Waals surface area contributed by atoms with Crippen molar-refractivity contribution in [1.29, 1.82) is 0 Å². The van der Waals surface area contributed by atoms with Gasteiger partial charge >= 0.3 is 5.97 Å². The Bertz CT molecular complexity index is 690. The molecule has 1 unspecified atom stereocenters. The molecule has 1 rings (SSSR count). The highest BCUT2D eigenvalue weighted by Gasteiger charge is 2.27. The molecule has 1 aromatic carbocycles. The average Bonchev–Trinajstić information content (AvgIpc) is 2.38. The fourth-order valence-corrected chi connectivity index (χ4v) is 2.43. The molecule has 0 aromatic heterocycles. The molecular weight excluding hydrogens is 337 g/mol. The molecule has 9 heteroatoms. The highest BCUT2D eigenvalue weighted by Crippen LogP contribution is 2.20. The van der Waals surface area contributed by atoms with Crippen molar-refractivity contribution >= 4 is 33.3 Å². The molecule has 1 atom stereocenters. The number of carboxylic acids is 1. The summed E-state index contributed by atoms with van der Waals surface area (Å²) in [6, 6.07) is 1.69. The summed E-state index contributed by atoms with van der Waals surface area (Å²) in [5.74, 6) is -4.10. The van der Waals surface area contributed by atoms with E-state index in [0.717, 1.165) is 12.1 Å². The second-order valence-corrected chi connectivity index (χ2v) is 7.83. The van der Waals surface area contributed by atoms with Gasteiger partial charge in [-0.25, -0.2) is 17.6 Å². The first-order valence-electron chi connectivity index (χ1n) is 6.23. The lowest BCUT2D eigenvalue weighted by Crippen LogP contribution is -2.38. The van der Waals surface area contributed by atoms with Crippen molar-refractivity contribution in [2.24, 2.45) is 0 Å². The van der Waals surface area contributed by atoms with Crippen molar-refractivity contribution < 1.29 is 27.5 Å². The van der Waals surface area contributed by atoms with Gasteiger partial charge in [0.15, 0.2) is 15.9 Å². The molecule has 0 aliphatic rings. The zero-order chi connectivity index (χ0) is 17.1. The summed E-state index contributed by atoms with van der Waals surface area (Å²) in [5, 5.41) is 10.2. The number of rotatable bonds is 6. The van der Waals surface area contributed by atoms with E-state index in [0.29, 0.717) is 0 Å². The number of carbonyl (C=O) groups excluding carboxylic acids is 1. The van der Waals surface area contributed by atoms with Crippen LogP contribution >= 0.6 is 11.6 Å². The van der Waals surface area contributed by atoms with Gasteiger partial charge in [-0.1, -0.05) is 17.7 Å². The van der Waals surface area contributed by atoms with Gasteiger partial charge in [-0.05, 0) is 31.5 Å². The monoisotopic (exact) mass is 351 g/mol. The van der Waals surface area contributed by atoms with Crippen LogP contribution in [0, 0.1) is 5.82 Å². The van der Waals surface area contributed by atoms with E-state index >= 15 is 0 Å². The number of sulfone groups is 1. The SMILES string of the molecule is CC(C)S(=O)(=O)CC(=O)NC(C(=O)O)c1ccc(Cl)c(F)c1. The maximum absolute atomic E-state index is 13.4. The first-order valence-corrected chi connectivity index (χ1v) is 8.32. The van der Waals surface area contributed by atoms with Crippen LogP contribution in [0.25, 0.3) is 0 Å². The van der Waals surface area contributed by atoms with Gasteiger partial charge in [0.2, 0.25) is 5.91 Å². The van der Waals surface area contributed by atoms with Gasteiger partial charge < -0.3 is 10.4 Å². The smallest absolute Gasteiger partial charge is 0.330 e. The molecule has 2 N–H and O–H groups in total. The Balaban J connectivity index is 2.96. The second-order valence-electron chi connectivity index (χ2n) is 4.87. The standard InChI is InChI=1S/C13H15ClFNO5S/c1-7(2)22(20,21)6-11(17)16-12(13(18)19)8-3-4-9(14)10(15)5-8/h3-5,7,12H,6H2,1-2H3,(H,16,17)(H,18,19). The van der Waals surface area contributed by atoms with E-state index in [-0.39, 0.29) is 10.6 Å². The lowest BCUT2D eigenvalue weighted by molar-refractivity contribution is -0.141. The molecule has 0 saturated carbocycles. The van der Waals surface area contributed by atoms with Gasteiger partial charge in [-0.3, -0.25) is 4.79 Å². The van der Waals surface area contributed by atoms with Crippen LogP contribution in [0.2, 0.25) is 5.02 Å². The third kappa shape index (κ3) is 4.67. The number of aliphatic carboxylic acids is 1. The molecule has 0 heterocycles. The van der Waals surface area contributed by atoms with Crippen LogP contribution in [0.5, 0.6) is 0 Å². The van der Waals surface area contributed by atoms with E-state index in [4.69, 9.17) is 16.7 Å². The molecule has 122 valence electrons. The van der Waals surface area contributed by atoms with E-state index < -0.39 is 44.6 Å². The Kier molecular flexibility index (Phi) is 5.90. The van der Waals surface area contributed by atoms with Crippen molar-refractivity contribution in [1.82, 2.24) is 5.32 Å². The molecule has 22 heavy (non-hydrogen) atoms. The summed E-state index contributed by atoms with van der Waals surface area (Å²) in [5.41, 5.74) is -0.0512. The zero-order valence-corrected chi connectivity index (χ0v) is 13.4. The summed E-state index contributed by atoms with van der Waals surface area (Å²) >= 11 is 5.50. The Morgan fingerprint density at radius 3 is 2.41 bits per heavy atom. The number of hydrogen-bond acceptors (Lipinski definition) is 4. The van der Waals surface area contributed by atoms with E-state index in [2.05, 4.69) is 5.32 Å². The largest absolute Gasteiger partial charge is 0.479 e. The van der Waals surface area contributed by atoms with Crippen LogP contribution in [0.15, 0.2) is 18.2 Å². The van der Waals surface area contributed by atoms with E-state index in [1.165, 1.54) is 19.9 Å². The number of benzene rings is 1. The van der Waals surface area contributed by atoms with Crippen molar-refractivity contribution in [3.8, 4) is 0 Å². The molecule has 0 aliphatic heterocycles. The summed E-state index contributed by atoms with van der Waals surface area (Å²) in [4.78, 5) is 22.9. The average molecular weight is 352 g/mol. The van der Waals surface area contributed by atoms with Crippen LogP contribution in [0.4, 0.5) is 4.39 Å². The number of carboxylic acid groups (broad SMARTS) is 1. The molecule has 0 fully saturated rings. The molecule has 0 aliphatic carbocycles. The van der Waals surface area contributed by atoms with Gasteiger partial charge in [0, 0.05) is 0 Å². The van der Waals surface area contributed by atoms with E-state index in [1.54, 1.807) is 0 Å². The topological polar surface area (TPSA) is 101 Å². The van der Waals surface area contributed by atoms with Crippen LogP contribution in [0.3, 0.4) is 0 Å². The predicted octanol–water partition coefficient (Wildman–Crippen LogP) is 1.54. The Morgan fingerprint density at radius 1 is 1.36 bits per heavy atom. The minimum Gasteiger partial charge on any atom is -0.479 e. The molecule has 1 aromatic rings. The molecule has 6 nitrogen and oxygen atoms in total. The van der Waals surface area contributed by atoms with E-state index in [1.807, 2.05) is 0 Å². The summed E-state index contributed by atoms with van der Waals surface area (Å²) < 4.78 is 36.7. The number of nitrogens with one attached hydrogen (secondary N) is 1. The fraction of sp³-hybridized carbons (Fsp3) is 0.385. The van der Waals surface area contributed by atoms with Crippen molar-refractivity contribution in [2.75, 3.05) is 5.75 Å². The van der Waals surface area contributed by atoms with Crippen LogP contribution in [0.1, 0.15) is 25.5 Å². The van der Waals surface area contributed by atoms with Crippen molar-refractivity contribution in [3.63, 3.8) is 0 Å². The number of halogens is 2. The molecule has 0 spiro atoms. The van der Waals surface area contributed by atoms with Gasteiger partial charge in [-0.2, -0.15) is 0 Å². The zero-order valence-electron chi connectivity index (χ0n) is 11.8. The van der Waals surface area contributed by atoms with Crippen LogP contribution < -0.4 is 5.32 Å². The summed E-state index contributed by atoms with van der Waals surface area (Å²) in [7, 11) is -3.67. The Labute approximate surface area is 132 Å². The number of carbonyl (C=O) groups is 2. The van der Waals surface area contributed by atoms with Crippen molar-refractivity contribution in [2.45, 2.75) is 25.1 Å². The summed E-state index contributed by atoms with van der Waals surface area (Å²) in [6.07, 6.45) is 0. The third-order valence-electron chi connectivity index (χ3n) is 2.88. The highest BCUT2D eigenvalue weighted by atomic mass is 35.5. The molecule has 1 amide bonds. The van der Waals surface area contributed by atoms with Crippen molar-refractivity contribution in [3.05, 3.63) is 34.6 Å². The normalized spacial score (nSPS) is 13.0. The maximum atomic E-state index is 13.4. The Hall–Kier alpha value is -1.67. The number of hydrogen-bond donors (Lipinski definition) is 2. The first-order chi connectivity index (χ1) is 10.0. The second kappa shape index (κ2) is 7.06. The fourth-order valence-electron chi connectivity index (χ4n) is 1.53. The predicted molar refractivity (Wildman–Crippen MR) is 78.9 cm³/mol. The lowest BCUT2D eigenvalue weighted by Gasteiger charge is -2.16. The first kappa shape index (κ1) is 18.4. The molecule has 0 saturated heterocycles. The molecule has 0 bridgehead atoms. The molecule has 0 radical (unpaired) electrons.